The number of carbonyl (C=O) groups is 2. The second-order valence-corrected chi connectivity index (χ2v) is 9.20. The lowest BCUT2D eigenvalue weighted by Crippen LogP contribution is -2.38. The molecule has 0 bridgehead atoms. The summed E-state index contributed by atoms with van der Waals surface area (Å²) < 4.78 is 27.6. The summed E-state index contributed by atoms with van der Waals surface area (Å²) in [6.45, 7) is 1.09. The summed E-state index contributed by atoms with van der Waals surface area (Å²) in [7, 11) is 0. The van der Waals surface area contributed by atoms with Crippen LogP contribution in [0.1, 0.15) is 40.4 Å². The van der Waals surface area contributed by atoms with Gasteiger partial charge in [0.1, 0.15) is 11.6 Å². The fraction of sp³-hybridized carbons (Fsp3) is 0.167. The predicted octanol–water partition coefficient (Wildman–Crippen LogP) is 5.49. The molecule has 1 saturated heterocycles. The highest BCUT2D eigenvalue weighted by molar-refractivity contribution is 6.02. The molecule has 0 radical (unpaired) electrons. The average Bonchev–Trinajstić information content (AvgIpc) is 2.96. The summed E-state index contributed by atoms with van der Waals surface area (Å²) in [5.41, 5.74) is 3.20. The molecule has 1 aliphatic heterocycles. The van der Waals surface area contributed by atoms with E-state index in [1.54, 1.807) is 41.7 Å². The first kappa shape index (κ1) is 25.8. The SMILES string of the molecule is O=C(/C=C/c1cnccn1)Nc1ccc(C2CCN(C(=O)c3cccnc3-c3cc(F)cc(F)c3)CC2)cc1. The number of amides is 2. The highest BCUT2D eigenvalue weighted by atomic mass is 19.1. The lowest BCUT2D eigenvalue weighted by atomic mass is 9.89. The number of nitrogens with zero attached hydrogens (tertiary/aromatic N) is 4. The van der Waals surface area contributed by atoms with Crippen molar-refractivity contribution in [1.29, 1.82) is 0 Å². The molecule has 3 heterocycles. The Bertz CT molecular complexity index is 1480. The van der Waals surface area contributed by atoms with Crippen LogP contribution >= 0.6 is 0 Å². The van der Waals surface area contributed by atoms with Crippen molar-refractivity contribution in [3.05, 3.63) is 114 Å². The van der Waals surface area contributed by atoms with Gasteiger partial charge in [-0.1, -0.05) is 12.1 Å². The summed E-state index contributed by atoms with van der Waals surface area (Å²) in [4.78, 5) is 39.6. The fourth-order valence-corrected chi connectivity index (χ4v) is 4.67. The number of hydrogen-bond donors (Lipinski definition) is 1. The number of benzene rings is 2. The Labute approximate surface area is 224 Å². The molecule has 0 atom stereocenters. The van der Waals surface area contributed by atoms with Gasteiger partial charge in [-0.3, -0.25) is 24.5 Å². The molecule has 0 unspecified atom stereocenters. The predicted molar refractivity (Wildman–Crippen MR) is 144 cm³/mol. The van der Waals surface area contributed by atoms with Crippen molar-refractivity contribution in [1.82, 2.24) is 19.9 Å². The van der Waals surface area contributed by atoms with Crippen LogP contribution in [0.2, 0.25) is 0 Å². The molecule has 0 aliphatic carbocycles. The van der Waals surface area contributed by atoms with Gasteiger partial charge in [-0.15, -0.1) is 0 Å². The van der Waals surface area contributed by atoms with Gasteiger partial charge in [0.05, 0.1) is 23.1 Å². The molecular weight excluding hydrogens is 500 g/mol. The van der Waals surface area contributed by atoms with Crippen LogP contribution in [0.4, 0.5) is 14.5 Å². The van der Waals surface area contributed by atoms with E-state index in [1.165, 1.54) is 24.4 Å². The highest BCUT2D eigenvalue weighted by Gasteiger charge is 2.26. The Morgan fingerprint density at radius 1 is 0.923 bits per heavy atom. The van der Waals surface area contributed by atoms with E-state index in [1.807, 2.05) is 24.3 Å². The van der Waals surface area contributed by atoms with E-state index < -0.39 is 11.6 Å². The van der Waals surface area contributed by atoms with Crippen LogP contribution in [0.5, 0.6) is 0 Å². The largest absolute Gasteiger partial charge is 0.339 e. The first-order valence-corrected chi connectivity index (χ1v) is 12.5. The monoisotopic (exact) mass is 525 g/mol. The fourth-order valence-electron chi connectivity index (χ4n) is 4.67. The number of rotatable bonds is 6. The number of nitrogens with one attached hydrogen (secondary N) is 1. The number of aromatic nitrogens is 3. The van der Waals surface area contributed by atoms with Gasteiger partial charge < -0.3 is 10.2 Å². The van der Waals surface area contributed by atoms with E-state index in [9.17, 15) is 18.4 Å². The van der Waals surface area contributed by atoms with Crippen molar-refractivity contribution in [2.24, 2.45) is 0 Å². The number of hydrogen-bond acceptors (Lipinski definition) is 5. The minimum atomic E-state index is -0.723. The van der Waals surface area contributed by atoms with E-state index >= 15 is 0 Å². The summed E-state index contributed by atoms with van der Waals surface area (Å²) in [6.07, 6.45) is 10.7. The topological polar surface area (TPSA) is 88.1 Å². The Kier molecular flexibility index (Phi) is 7.77. The van der Waals surface area contributed by atoms with Gasteiger partial charge in [0.25, 0.3) is 5.91 Å². The number of anilines is 1. The zero-order valence-corrected chi connectivity index (χ0v) is 20.9. The van der Waals surface area contributed by atoms with Gasteiger partial charge in [0.2, 0.25) is 5.91 Å². The number of halogens is 2. The second-order valence-electron chi connectivity index (χ2n) is 9.20. The molecule has 7 nitrogen and oxygen atoms in total. The molecule has 196 valence electrons. The minimum Gasteiger partial charge on any atom is -0.339 e. The molecule has 2 aromatic heterocycles. The van der Waals surface area contributed by atoms with Crippen molar-refractivity contribution >= 4 is 23.6 Å². The number of carbonyl (C=O) groups excluding carboxylic acids is 2. The standard InChI is InChI=1S/C30H25F2N5O2/c31-23-16-22(17-24(32)18-23)29-27(2-1-11-35-29)30(39)37-14-9-21(10-15-37)20-3-5-25(6-4-20)36-28(38)8-7-26-19-33-12-13-34-26/h1-8,11-13,16-19,21H,9-10,14-15H2,(H,36,38)/b8-7+. The quantitative estimate of drug-likeness (QED) is 0.337. The molecule has 0 spiro atoms. The summed E-state index contributed by atoms with van der Waals surface area (Å²) in [5.74, 6) is -1.66. The van der Waals surface area contributed by atoms with E-state index in [-0.39, 0.29) is 29.0 Å². The van der Waals surface area contributed by atoms with Gasteiger partial charge in [-0.25, -0.2) is 8.78 Å². The molecule has 1 N–H and O–H groups in total. The molecule has 5 rings (SSSR count). The first-order valence-electron chi connectivity index (χ1n) is 12.5. The third kappa shape index (κ3) is 6.38. The van der Waals surface area contributed by atoms with E-state index in [2.05, 4.69) is 20.3 Å². The minimum absolute atomic E-state index is 0.214. The summed E-state index contributed by atoms with van der Waals surface area (Å²) in [6, 6.07) is 14.1. The second kappa shape index (κ2) is 11.7. The van der Waals surface area contributed by atoms with Crippen molar-refractivity contribution in [2.75, 3.05) is 18.4 Å². The van der Waals surface area contributed by atoms with Crippen LogP contribution in [-0.4, -0.2) is 44.8 Å². The zero-order chi connectivity index (χ0) is 27.2. The first-order chi connectivity index (χ1) is 19.0. The van der Waals surface area contributed by atoms with Gasteiger partial charge in [-0.05, 0) is 66.8 Å². The maximum Gasteiger partial charge on any atom is 0.256 e. The van der Waals surface area contributed by atoms with Gasteiger partial charge in [-0.2, -0.15) is 0 Å². The van der Waals surface area contributed by atoms with Crippen LogP contribution in [0.25, 0.3) is 17.3 Å². The normalized spacial score (nSPS) is 13.9. The van der Waals surface area contributed by atoms with Crippen LogP contribution in [-0.2, 0) is 4.79 Å². The van der Waals surface area contributed by atoms with E-state index in [4.69, 9.17) is 0 Å². The van der Waals surface area contributed by atoms with Crippen molar-refractivity contribution in [3.63, 3.8) is 0 Å². The molecule has 39 heavy (non-hydrogen) atoms. The molecule has 2 amide bonds. The molecule has 1 aliphatic rings. The van der Waals surface area contributed by atoms with Crippen molar-refractivity contribution < 1.29 is 18.4 Å². The van der Waals surface area contributed by atoms with E-state index in [0.717, 1.165) is 24.5 Å². The molecule has 0 saturated carbocycles. The third-order valence-electron chi connectivity index (χ3n) is 6.59. The molecular formula is C30H25F2N5O2. The Hall–Kier alpha value is -4.79. The van der Waals surface area contributed by atoms with E-state index in [0.29, 0.717) is 30.0 Å². The molecule has 1 fully saturated rings. The van der Waals surface area contributed by atoms with Gasteiger partial charge in [0.15, 0.2) is 0 Å². The van der Waals surface area contributed by atoms with Crippen LogP contribution in [0, 0.1) is 11.6 Å². The Balaban J connectivity index is 1.19. The van der Waals surface area contributed by atoms with Crippen molar-refractivity contribution in [2.45, 2.75) is 18.8 Å². The zero-order valence-electron chi connectivity index (χ0n) is 20.9. The maximum absolute atomic E-state index is 13.8. The number of piperidine rings is 1. The maximum atomic E-state index is 13.8. The molecule has 2 aromatic carbocycles. The lowest BCUT2D eigenvalue weighted by Gasteiger charge is -2.32. The van der Waals surface area contributed by atoms with Crippen molar-refractivity contribution in [3.8, 4) is 11.3 Å². The van der Waals surface area contributed by atoms with Crippen LogP contribution < -0.4 is 5.32 Å². The Morgan fingerprint density at radius 2 is 1.67 bits per heavy atom. The van der Waals surface area contributed by atoms with Crippen LogP contribution in [0.3, 0.4) is 0 Å². The number of pyridine rings is 1. The van der Waals surface area contributed by atoms with Gasteiger partial charge in [0, 0.05) is 55.1 Å². The summed E-state index contributed by atoms with van der Waals surface area (Å²) in [5, 5.41) is 2.83. The highest BCUT2D eigenvalue weighted by Crippen LogP contribution is 2.31. The molecule has 9 heteroatoms. The smallest absolute Gasteiger partial charge is 0.256 e. The molecule has 4 aromatic rings. The lowest BCUT2D eigenvalue weighted by molar-refractivity contribution is -0.111. The third-order valence-corrected chi connectivity index (χ3v) is 6.59. The van der Waals surface area contributed by atoms with Gasteiger partial charge >= 0.3 is 0 Å². The summed E-state index contributed by atoms with van der Waals surface area (Å²) >= 11 is 0. The van der Waals surface area contributed by atoms with Crippen LogP contribution in [0.15, 0.2) is 85.5 Å². The number of likely N-dealkylation sites (tertiary alicyclic amines) is 1. The Morgan fingerprint density at radius 3 is 2.36 bits per heavy atom. The average molecular weight is 526 g/mol.